The Morgan fingerprint density at radius 1 is 1.05 bits per heavy atom. The van der Waals surface area contributed by atoms with E-state index < -0.39 is 12.1 Å². The second-order valence-corrected chi connectivity index (χ2v) is 10.8. The summed E-state index contributed by atoms with van der Waals surface area (Å²) in [7, 11) is 0. The molecule has 0 fully saturated rings. The van der Waals surface area contributed by atoms with Crippen molar-refractivity contribution in [2.45, 2.75) is 77.6 Å². The first-order valence-corrected chi connectivity index (χ1v) is 13.9. The topological polar surface area (TPSA) is 118 Å². The standard InChI is InChI=1S/C31H40N4O4/c1-21(2)17-25(32)30(37)33-16-10-4-7-15-29(36)35-19-27-24(23-13-8-9-14-26(23)34-27)18-28(35)31(38)39-20-22-11-5-3-6-12-22/h3,5-6,8-9,11-14,21,25,28,34H,4,7,10,15-20,32H2,1-2H3,(H,33,37)/t25-,28-/m0/s1. The molecule has 0 bridgehead atoms. The summed E-state index contributed by atoms with van der Waals surface area (Å²) in [5.41, 5.74) is 9.88. The third kappa shape index (κ3) is 7.47. The number of ether oxygens (including phenoxy) is 1. The number of rotatable bonds is 12. The Kier molecular flexibility index (Phi) is 9.76. The minimum Gasteiger partial charge on any atom is -0.459 e. The number of benzene rings is 2. The van der Waals surface area contributed by atoms with Crippen LogP contribution >= 0.6 is 0 Å². The molecule has 0 aliphatic carbocycles. The van der Waals surface area contributed by atoms with Gasteiger partial charge >= 0.3 is 5.97 Å². The van der Waals surface area contributed by atoms with Crippen LogP contribution in [-0.4, -0.2) is 46.3 Å². The number of amides is 2. The smallest absolute Gasteiger partial charge is 0.329 e. The third-order valence-corrected chi connectivity index (χ3v) is 7.25. The normalized spacial score (nSPS) is 15.7. The van der Waals surface area contributed by atoms with Gasteiger partial charge in [-0.1, -0.05) is 68.8 Å². The number of carbonyl (C=O) groups excluding carboxylic acids is 3. The first-order chi connectivity index (χ1) is 18.8. The van der Waals surface area contributed by atoms with E-state index in [1.165, 1.54) is 0 Å². The van der Waals surface area contributed by atoms with E-state index in [1.807, 2.05) is 68.4 Å². The number of fused-ring (bicyclic) bond motifs is 3. The van der Waals surface area contributed by atoms with Gasteiger partial charge in [0.15, 0.2) is 0 Å². The molecule has 0 saturated heterocycles. The lowest BCUT2D eigenvalue weighted by Crippen LogP contribution is -2.49. The van der Waals surface area contributed by atoms with Crippen LogP contribution in [0.1, 0.15) is 62.8 Å². The molecule has 1 aliphatic rings. The van der Waals surface area contributed by atoms with Crippen LogP contribution in [0.2, 0.25) is 0 Å². The van der Waals surface area contributed by atoms with Crippen molar-refractivity contribution in [3.05, 3.63) is 71.4 Å². The monoisotopic (exact) mass is 532 g/mol. The van der Waals surface area contributed by atoms with Gasteiger partial charge in [-0.2, -0.15) is 0 Å². The van der Waals surface area contributed by atoms with Gasteiger partial charge in [0.2, 0.25) is 11.8 Å². The van der Waals surface area contributed by atoms with Gasteiger partial charge in [0, 0.05) is 36.0 Å². The summed E-state index contributed by atoms with van der Waals surface area (Å²) in [6.07, 6.45) is 3.64. The van der Waals surface area contributed by atoms with Crippen LogP contribution in [0.4, 0.5) is 0 Å². The van der Waals surface area contributed by atoms with Crippen molar-refractivity contribution in [2.75, 3.05) is 6.54 Å². The number of aromatic amines is 1. The van der Waals surface area contributed by atoms with Crippen molar-refractivity contribution in [3.63, 3.8) is 0 Å². The average Bonchev–Trinajstić information content (AvgIpc) is 3.30. The first kappa shape index (κ1) is 28.4. The minimum absolute atomic E-state index is 0.0658. The molecule has 8 heteroatoms. The van der Waals surface area contributed by atoms with E-state index >= 15 is 0 Å². The molecule has 0 spiro atoms. The van der Waals surface area contributed by atoms with Gasteiger partial charge in [0.05, 0.1) is 12.6 Å². The Morgan fingerprint density at radius 3 is 2.56 bits per heavy atom. The van der Waals surface area contributed by atoms with E-state index in [1.54, 1.807) is 4.90 Å². The van der Waals surface area contributed by atoms with Gasteiger partial charge in [-0.05, 0) is 42.4 Å². The molecule has 4 rings (SSSR count). The van der Waals surface area contributed by atoms with Crippen molar-refractivity contribution in [1.29, 1.82) is 0 Å². The molecule has 2 heterocycles. The molecule has 0 saturated carbocycles. The maximum Gasteiger partial charge on any atom is 0.329 e. The number of nitrogens with zero attached hydrogens (tertiary/aromatic N) is 1. The molecule has 2 atom stereocenters. The molecule has 1 aromatic heterocycles. The Hall–Kier alpha value is -3.65. The maximum atomic E-state index is 13.4. The number of hydrogen-bond donors (Lipinski definition) is 3. The van der Waals surface area contributed by atoms with E-state index in [-0.39, 0.29) is 24.4 Å². The summed E-state index contributed by atoms with van der Waals surface area (Å²) in [6, 6.07) is 16.4. The zero-order valence-corrected chi connectivity index (χ0v) is 22.9. The fourth-order valence-corrected chi connectivity index (χ4v) is 5.18. The quantitative estimate of drug-likeness (QED) is 0.239. The number of unbranched alkanes of at least 4 members (excludes halogenated alkanes) is 2. The molecular weight excluding hydrogens is 492 g/mol. The van der Waals surface area contributed by atoms with Crippen molar-refractivity contribution < 1.29 is 19.1 Å². The van der Waals surface area contributed by atoms with E-state index in [2.05, 4.69) is 10.3 Å². The highest BCUT2D eigenvalue weighted by molar-refractivity contribution is 5.89. The van der Waals surface area contributed by atoms with Crippen LogP contribution in [-0.2, 0) is 38.7 Å². The van der Waals surface area contributed by atoms with Crippen molar-refractivity contribution in [3.8, 4) is 0 Å². The lowest BCUT2D eigenvalue weighted by molar-refractivity contribution is -0.157. The predicted octanol–water partition coefficient (Wildman–Crippen LogP) is 4.21. The van der Waals surface area contributed by atoms with Gasteiger partial charge in [-0.25, -0.2) is 4.79 Å². The highest BCUT2D eigenvalue weighted by Crippen LogP contribution is 2.31. The van der Waals surface area contributed by atoms with Crippen LogP contribution in [0.3, 0.4) is 0 Å². The summed E-state index contributed by atoms with van der Waals surface area (Å²) in [4.78, 5) is 43.8. The summed E-state index contributed by atoms with van der Waals surface area (Å²) >= 11 is 0. The predicted molar refractivity (Wildman–Crippen MR) is 151 cm³/mol. The molecule has 4 N–H and O–H groups in total. The van der Waals surface area contributed by atoms with Crippen LogP contribution in [0.5, 0.6) is 0 Å². The number of esters is 1. The number of para-hydroxylation sites is 1. The molecule has 2 aromatic carbocycles. The van der Waals surface area contributed by atoms with Crippen molar-refractivity contribution in [1.82, 2.24) is 15.2 Å². The fourth-order valence-electron chi connectivity index (χ4n) is 5.18. The van der Waals surface area contributed by atoms with Crippen LogP contribution in [0.25, 0.3) is 10.9 Å². The maximum absolute atomic E-state index is 13.4. The summed E-state index contributed by atoms with van der Waals surface area (Å²) in [6.45, 7) is 5.14. The number of aromatic nitrogens is 1. The van der Waals surface area contributed by atoms with E-state index in [0.717, 1.165) is 40.6 Å². The number of nitrogens with one attached hydrogen (secondary N) is 2. The second-order valence-electron chi connectivity index (χ2n) is 10.8. The molecule has 0 unspecified atom stereocenters. The Balaban J connectivity index is 1.34. The summed E-state index contributed by atoms with van der Waals surface area (Å²) in [5.74, 6) is -0.210. The number of carbonyl (C=O) groups is 3. The molecular formula is C31H40N4O4. The first-order valence-electron chi connectivity index (χ1n) is 13.9. The highest BCUT2D eigenvalue weighted by atomic mass is 16.5. The summed E-state index contributed by atoms with van der Waals surface area (Å²) in [5, 5.41) is 3.97. The zero-order chi connectivity index (χ0) is 27.8. The average molecular weight is 533 g/mol. The van der Waals surface area contributed by atoms with Gasteiger partial charge < -0.3 is 25.7 Å². The molecule has 8 nitrogen and oxygen atoms in total. The largest absolute Gasteiger partial charge is 0.459 e. The highest BCUT2D eigenvalue weighted by Gasteiger charge is 2.37. The number of hydrogen-bond acceptors (Lipinski definition) is 5. The SMILES string of the molecule is CC(C)C[C@H](N)C(=O)NCCCCCC(=O)N1Cc2[nH]c3ccccc3c2C[C@H]1C(=O)OCc1ccccc1. The molecule has 1 aliphatic heterocycles. The number of nitrogens with two attached hydrogens (primary N) is 1. The third-order valence-electron chi connectivity index (χ3n) is 7.25. The molecule has 0 radical (unpaired) electrons. The lowest BCUT2D eigenvalue weighted by atomic mass is 9.96. The van der Waals surface area contributed by atoms with Crippen LogP contribution in [0, 0.1) is 5.92 Å². The second kappa shape index (κ2) is 13.4. The van der Waals surface area contributed by atoms with Gasteiger partial charge in [0.1, 0.15) is 12.6 Å². The molecule has 208 valence electrons. The van der Waals surface area contributed by atoms with Crippen molar-refractivity contribution >= 4 is 28.7 Å². The zero-order valence-electron chi connectivity index (χ0n) is 22.9. The minimum atomic E-state index is -0.672. The van der Waals surface area contributed by atoms with Gasteiger partial charge in [-0.3, -0.25) is 9.59 Å². The van der Waals surface area contributed by atoms with Crippen LogP contribution < -0.4 is 11.1 Å². The lowest BCUT2D eigenvalue weighted by Gasteiger charge is -2.34. The number of H-pyrrole nitrogens is 1. The molecule has 39 heavy (non-hydrogen) atoms. The Bertz CT molecular complexity index is 1270. The summed E-state index contributed by atoms with van der Waals surface area (Å²) < 4.78 is 5.68. The van der Waals surface area contributed by atoms with E-state index in [0.29, 0.717) is 44.7 Å². The Morgan fingerprint density at radius 2 is 1.79 bits per heavy atom. The van der Waals surface area contributed by atoms with Crippen molar-refractivity contribution in [2.24, 2.45) is 11.7 Å². The van der Waals surface area contributed by atoms with Crippen LogP contribution in [0.15, 0.2) is 54.6 Å². The molecule has 3 aromatic rings. The molecule has 2 amide bonds. The fraction of sp³-hybridized carbons (Fsp3) is 0.452. The van der Waals surface area contributed by atoms with Gasteiger partial charge in [0.25, 0.3) is 0 Å². The van der Waals surface area contributed by atoms with E-state index in [9.17, 15) is 14.4 Å². The van der Waals surface area contributed by atoms with Gasteiger partial charge in [-0.15, -0.1) is 0 Å². The Labute approximate surface area is 230 Å². The van der Waals surface area contributed by atoms with E-state index in [4.69, 9.17) is 10.5 Å².